The molecule has 0 bridgehead atoms. The molecule has 6 heteroatoms. The van der Waals surface area contributed by atoms with Gasteiger partial charge < -0.3 is 5.11 Å². The summed E-state index contributed by atoms with van der Waals surface area (Å²) in [6, 6.07) is 1.60. The number of nitrogens with one attached hydrogen (secondary N) is 1. The highest BCUT2D eigenvalue weighted by atomic mass is 19.2. The zero-order valence-corrected chi connectivity index (χ0v) is 11.0. The SMILES string of the molecule is Cc1cc2c(c(F)c1F)N(CC1(O)CCC1)NN2C. The molecule has 1 aromatic rings. The second-order valence-electron chi connectivity index (χ2n) is 5.51. The topological polar surface area (TPSA) is 38.7 Å². The van der Waals surface area contributed by atoms with E-state index in [1.165, 1.54) is 11.9 Å². The van der Waals surface area contributed by atoms with E-state index >= 15 is 0 Å². The van der Waals surface area contributed by atoms with Crippen molar-refractivity contribution in [3.63, 3.8) is 0 Å². The number of nitrogens with zero attached hydrogens (tertiary/aromatic N) is 2. The predicted molar refractivity (Wildman–Crippen MR) is 68.8 cm³/mol. The summed E-state index contributed by atoms with van der Waals surface area (Å²) in [5, 5.41) is 13.3. The monoisotopic (exact) mass is 269 g/mol. The Balaban J connectivity index is 1.98. The lowest BCUT2D eigenvalue weighted by atomic mass is 9.80. The van der Waals surface area contributed by atoms with Gasteiger partial charge >= 0.3 is 0 Å². The lowest BCUT2D eigenvalue weighted by molar-refractivity contribution is -0.0269. The molecular weight excluding hydrogens is 252 g/mol. The van der Waals surface area contributed by atoms with Gasteiger partial charge in [-0.15, -0.1) is 5.53 Å². The molecule has 3 rings (SSSR count). The van der Waals surface area contributed by atoms with E-state index in [-0.39, 0.29) is 17.8 Å². The van der Waals surface area contributed by atoms with Crippen molar-refractivity contribution in [2.75, 3.05) is 23.6 Å². The lowest BCUT2D eigenvalue weighted by Gasteiger charge is -2.39. The normalized spacial score (nSPS) is 20.5. The van der Waals surface area contributed by atoms with Crippen LogP contribution >= 0.6 is 0 Å². The Morgan fingerprint density at radius 3 is 2.63 bits per heavy atom. The first-order valence-electron chi connectivity index (χ1n) is 6.40. The van der Waals surface area contributed by atoms with Crippen LogP contribution in [-0.2, 0) is 0 Å². The van der Waals surface area contributed by atoms with Gasteiger partial charge in [0, 0.05) is 7.05 Å². The van der Waals surface area contributed by atoms with E-state index in [0.717, 1.165) is 6.42 Å². The quantitative estimate of drug-likeness (QED) is 0.859. The van der Waals surface area contributed by atoms with E-state index in [9.17, 15) is 13.9 Å². The number of aliphatic hydroxyl groups is 1. The summed E-state index contributed by atoms with van der Waals surface area (Å²) in [4.78, 5) is 0. The van der Waals surface area contributed by atoms with Crippen molar-refractivity contribution in [1.29, 1.82) is 0 Å². The summed E-state index contributed by atoms with van der Waals surface area (Å²) in [5.74, 6) is -1.70. The number of hydrogen-bond acceptors (Lipinski definition) is 4. The fraction of sp³-hybridized carbons (Fsp3) is 0.538. The molecule has 0 amide bonds. The summed E-state index contributed by atoms with van der Waals surface area (Å²) >= 11 is 0. The van der Waals surface area contributed by atoms with Crippen LogP contribution in [0.25, 0.3) is 0 Å². The fourth-order valence-electron chi connectivity index (χ4n) is 2.68. The number of hydrogen-bond donors (Lipinski definition) is 2. The van der Waals surface area contributed by atoms with Crippen LogP contribution in [0.4, 0.5) is 20.2 Å². The van der Waals surface area contributed by atoms with Crippen molar-refractivity contribution in [3.8, 4) is 0 Å². The van der Waals surface area contributed by atoms with E-state index in [0.29, 0.717) is 18.5 Å². The molecule has 2 aliphatic rings. The van der Waals surface area contributed by atoms with E-state index in [4.69, 9.17) is 0 Å². The second kappa shape index (κ2) is 4.05. The molecule has 4 nitrogen and oxygen atoms in total. The third-order valence-corrected chi connectivity index (χ3v) is 3.98. The van der Waals surface area contributed by atoms with Gasteiger partial charge in [0.05, 0.1) is 17.8 Å². The van der Waals surface area contributed by atoms with Crippen LogP contribution < -0.4 is 15.6 Å². The number of anilines is 2. The zero-order valence-electron chi connectivity index (χ0n) is 11.0. The molecule has 19 heavy (non-hydrogen) atoms. The fourth-order valence-corrected chi connectivity index (χ4v) is 2.68. The van der Waals surface area contributed by atoms with E-state index in [1.54, 1.807) is 18.1 Å². The first-order chi connectivity index (χ1) is 8.91. The van der Waals surface area contributed by atoms with Crippen molar-refractivity contribution in [2.24, 2.45) is 0 Å². The number of fused-ring (bicyclic) bond motifs is 1. The number of benzene rings is 1. The van der Waals surface area contributed by atoms with Crippen molar-refractivity contribution in [1.82, 2.24) is 5.53 Å². The second-order valence-corrected chi connectivity index (χ2v) is 5.51. The maximum atomic E-state index is 14.1. The van der Waals surface area contributed by atoms with Gasteiger partial charge in [0.1, 0.15) is 5.69 Å². The third kappa shape index (κ3) is 1.86. The summed E-state index contributed by atoms with van der Waals surface area (Å²) in [5.41, 5.74) is 3.16. The zero-order chi connectivity index (χ0) is 13.8. The highest BCUT2D eigenvalue weighted by Crippen LogP contribution is 2.40. The number of β-amino-alcohol motifs (C(OH)–C–C–N with tert-alkyl or cyclic N) is 1. The van der Waals surface area contributed by atoms with Crippen molar-refractivity contribution in [3.05, 3.63) is 23.3 Å². The molecule has 1 saturated carbocycles. The number of hydrazine groups is 2. The Morgan fingerprint density at radius 2 is 2.05 bits per heavy atom. The minimum absolute atomic E-state index is 0.172. The molecule has 2 N–H and O–H groups in total. The molecule has 0 aromatic heterocycles. The summed E-state index contributed by atoms with van der Waals surface area (Å²) in [7, 11) is 1.74. The van der Waals surface area contributed by atoms with Crippen molar-refractivity contribution in [2.45, 2.75) is 31.8 Å². The summed E-state index contributed by atoms with van der Waals surface area (Å²) < 4.78 is 27.8. The molecule has 1 fully saturated rings. The molecule has 1 aliphatic heterocycles. The van der Waals surface area contributed by atoms with Gasteiger partial charge in [-0.25, -0.2) is 8.78 Å². The van der Waals surface area contributed by atoms with Crippen LogP contribution in [-0.4, -0.2) is 24.3 Å². The van der Waals surface area contributed by atoms with Gasteiger partial charge in [0.2, 0.25) is 0 Å². The largest absolute Gasteiger partial charge is 0.388 e. The highest BCUT2D eigenvalue weighted by Gasteiger charge is 2.40. The maximum absolute atomic E-state index is 14.1. The van der Waals surface area contributed by atoms with Gasteiger partial charge in [-0.2, -0.15) is 0 Å². The molecule has 0 atom stereocenters. The Hall–Kier alpha value is -1.40. The molecule has 0 spiro atoms. The van der Waals surface area contributed by atoms with Crippen LogP contribution in [0.3, 0.4) is 0 Å². The molecular formula is C13H17F2N3O. The minimum atomic E-state index is -0.866. The molecule has 0 unspecified atom stereocenters. The van der Waals surface area contributed by atoms with E-state index < -0.39 is 17.2 Å². The predicted octanol–water partition coefficient (Wildman–Crippen LogP) is 1.86. The summed E-state index contributed by atoms with van der Waals surface area (Å²) in [6.45, 7) is 1.79. The molecule has 0 radical (unpaired) electrons. The third-order valence-electron chi connectivity index (χ3n) is 3.98. The van der Waals surface area contributed by atoms with Gasteiger partial charge in [0.25, 0.3) is 0 Å². The first kappa shape index (κ1) is 12.6. The van der Waals surface area contributed by atoms with Gasteiger partial charge in [-0.3, -0.25) is 10.0 Å². The molecule has 1 aromatic carbocycles. The van der Waals surface area contributed by atoms with Gasteiger partial charge in [0.15, 0.2) is 11.6 Å². The van der Waals surface area contributed by atoms with Crippen LogP contribution in [0.1, 0.15) is 24.8 Å². The first-order valence-corrected chi connectivity index (χ1v) is 6.40. The van der Waals surface area contributed by atoms with Gasteiger partial charge in [-0.1, -0.05) is 0 Å². The van der Waals surface area contributed by atoms with Crippen molar-refractivity contribution < 1.29 is 13.9 Å². The Morgan fingerprint density at radius 1 is 1.37 bits per heavy atom. The Kier molecular flexibility index (Phi) is 2.69. The maximum Gasteiger partial charge on any atom is 0.185 e. The molecule has 0 saturated heterocycles. The molecule has 1 heterocycles. The minimum Gasteiger partial charge on any atom is -0.388 e. The van der Waals surface area contributed by atoms with E-state index in [2.05, 4.69) is 5.53 Å². The molecule has 1 aliphatic carbocycles. The number of aryl methyl sites for hydroxylation is 1. The average molecular weight is 269 g/mol. The Bertz CT molecular complexity index is 531. The van der Waals surface area contributed by atoms with Gasteiger partial charge in [-0.05, 0) is 37.8 Å². The number of halogens is 2. The smallest absolute Gasteiger partial charge is 0.185 e. The number of rotatable bonds is 2. The van der Waals surface area contributed by atoms with Crippen LogP contribution in [0.5, 0.6) is 0 Å². The van der Waals surface area contributed by atoms with Crippen LogP contribution in [0.2, 0.25) is 0 Å². The average Bonchev–Trinajstić information content (AvgIpc) is 2.61. The van der Waals surface area contributed by atoms with Crippen LogP contribution in [0, 0.1) is 18.6 Å². The standard InChI is InChI=1S/C13H17F2N3O/c1-8-6-9-12(11(15)10(8)14)18(16-17(9)2)7-13(19)4-3-5-13/h6,16,19H,3-5,7H2,1-2H3. The Labute approximate surface area is 110 Å². The molecule has 104 valence electrons. The highest BCUT2D eigenvalue weighted by molar-refractivity contribution is 5.76. The van der Waals surface area contributed by atoms with E-state index in [1.807, 2.05) is 0 Å². The van der Waals surface area contributed by atoms with Crippen molar-refractivity contribution >= 4 is 11.4 Å². The summed E-state index contributed by atoms with van der Waals surface area (Å²) in [6.07, 6.45) is 2.36. The lowest BCUT2D eigenvalue weighted by Crippen LogP contribution is -2.53. The van der Waals surface area contributed by atoms with Crippen LogP contribution in [0.15, 0.2) is 6.07 Å².